The lowest BCUT2D eigenvalue weighted by molar-refractivity contribution is -0.117. The molecule has 0 aliphatic carbocycles. The van der Waals surface area contributed by atoms with Gasteiger partial charge in [0.15, 0.2) is 0 Å². The second-order valence-corrected chi connectivity index (χ2v) is 5.97. The highest BCUT2D eigenvalue weighted by Gasteiger charge is 2.18. The molecule has 1 amide bonds. The van der Waals surface area contributed by atoms with E-state index in [1.165, 1.54) is 6.07 Å². The van der Waals surface area contributed by atoms with Gasteiger partial charge in [-0.2, -0.15) is 0 Å². The topological polar surface area (TPSA) is 64.3 Å². The van der Waals surface area contributed by atoms with Crippen LogP contribution in [0.25, 0.3) is 0 Å². The molecule has 1 saturated heterocycles. The Bertz CT molecular complexity index is 661. The molecule has 0 unspecified atom stereocenters. The zero-order valence-corrected chi connectivity index (χ0v) is 13.5. The Hall–Kier alpha value is -2.25. The fourth-order valence-corrected chi connectivity index (χ4v) is 2.89. The molecule has 0 saturated carbocycles. The Labute approximate surface area is 140 Å². The highest BCUT2D eigenvalue weighted by molar-refractivity contribution is 5.92. The maximum absolute atomic E-state index is 13.6. The molecule has 2 heterocycles. The van der Waals surface area contributed by atoms with Gasteiger partial charge in [-0.15, -0.1) is 0 Å². The van der Waals surface area contributed by atoms with Gasteiger partial charge in [0.2, 0.25) is 5.91 Å². The number of nitrogens with zero attached hydrogens (tertiary/aromatic N) is 3. The zero-order valence-electron chi connectivity index (χ0n) is 13.5. The van der Waals surface area contributed by atoms with Crippen LogP contribution in [0.2, 0.25) is 0 Å². The lowest BCUT2D eigenvalue weighted by Crippen LogP contribution is -2.36. The molecule has 0 atom stereocenters. The summed E-state index contributed by atoms with van der Waals surface area (Å²) in [4.78, 5) is 23.9. The number of benzene rings is 1. The second-order valence-electron chi connectivity index (χ2n) is 5.97. The molecule has 1 fully saturated rings. The van der Waals surface area contributed by atoms with Crippen molar-refractivity contribution in [2.75, 3.05) is 38.0 Å². The molecule has 0 radical (unpaired) electrons. The van der Waals surface area contributed by atoms with Crippen molar-refractivity contribution in [1.29, 1.82) is 0 Å². The third-order valence-electron chi connectivity index (χ3n) is 4.12. The summed E-state index contributed by atoms with van der Waals surface area (Å²) in [7, 11) is 0. The molecule has 128 valence electrons. The van der Waals surface area contributed by atoms with E-state index in [9.17, 15) is 9.18 Å². The van der Waals surface area contributed by atoms with Crippen molar-refractivity contribution in [2.24, 2.45) is 0 Å². The summed E-state index contributed by atoms with van der Waals surface area (Å²) >= 11 is 0. The second kappa shape index (κ2) is 8.03. The van der Waals surface area contributed by atoms with Crippen LogP contribution in [0.15, 0.2) is 36.7 Å². The van der Waals surface area contributed by atoms with E-state index < -0.39 is 5.82 Å². The molecule has 2 N–H and O–H groups in total. The minimum atomic E-state index is -0.411. The van der Waals surface area contributed by atoms with Crippen LogP contribution in [0.3, 0.4) is 0 Å². The first kappa shape index (κ1) is 16.6. The number of hydrogen-bond acceptors (Lipinski definition) is 4. The Morgan fingerprint density at radius 3 is 2.79 bits per heavy atom. The molecule has 0 spiro atoms. The van der Waals surface area contributed by atoms with Gasteiger partial charge < -0.3 is 10.3 Å². The SMILES string of the molecule is O=C(CN1CCCN(Cc2ncc[nH]2)CC1)Nc1ccccc1F. The van der Waals surface area contributed by atoms with Crippen LogP contribution in [0.1, 0.15) is 12.2 Å². The molecule has 1 aliphatic rings. The Kier molecular flexibility index (Phi) is 5.55. The lowest BCUT2D eigenvalue weighted by atomic mass is 10.3. The van der Waals surface area contributed by atoms with Gasteiger partial charge in [-0.05, 0) is 31.6 Å². The van der Waals surface area contributed by atoms with Gasteiger partial charge in [0.25, 0.3) is 0 Å². The van der Waals surface area contributed by atoms with E-state index in [4.69, 9.17) is 0 Å². The summed E-state index contributed by atoms with van der Waals surface area (Å²) in [5.74, 6) is 0.367. The van der Waals surface area contributed by atoms with Gasteiger partial charge in [-0.25, -0.2) is 9.37 Å². The summed E-state index contributed by atoms with van der Waals surface area (Å²) in [6.45, 7) is 4.61. The highest BCUT2D eigenvalue weighted by Crippen LogP contribution is 2.12. The number of aromatic amines is 1. The number of amides is 1. The number of imidazole rings is 1. The largest absolute Gasteiger partial charge is 0.348 e. The van der Waals surface area contributed by atoms with Crippen molar-refractivity contribution in [3.8, 4) is 0 Å². The van der Waals surface area contributed by atoms with Crippen molar-refractivity contribution < 1.29 is 9.18 Å². The number of para-hydroxylation sites is 1. The number of anilines is 1. The number of carbonyl (C=O) groups excluding carboxylic acids is 1. The molecule has 3 rings (SSSR count). The maximum Gasteiger partial charge on any atom is 0.238 e. The van der Waals surface area contributed by atoms with Gasteiger partial charge >= 0.3 is 0 Å². The van der Waals surface area contributed by atoms with Crippen LogP contribution in [-0.2, 0) is 11.3 Å². The predicted molar refractivity (Wildman–Crippen MR) is 90.0 cm³/mol. The molecule has 6 nitrogen and oxygen atoms in total. The average molecular weight is 331 g/mol. The van der Waals surface area contributed by atoms with Gasteiger partial charge in [-0.3, -0.25) is 14.6 Å². The normalized spacial score (nSPS) is 16.7. The van der Waals surface area contributed by atoms with Crippen molar-refractivity contribution >= 4 is 11.6 Å². The van der Waals surface area contributed by atoms with E-state index in [0.29, 0.717) is 0 Å². The summed E-state index contributed by atoms with van der Waals surface area (Å²) < 4.78 is 13.6. The first-order valence-electron chi connectivity index (χ1n) is 8.18. The molecular weight excluding hydrogens is 309 g/mol. The van der Waals surface area contributed by atoms with Crippen LogP contribution in [0, 0.1) is 5.82 Å². The van der Waals surface area contributed by atoms with E-state index in [1.54, 1.807) is 24.4 Å². The number of nitrogens with one attached hydrogen (secondary N) is 2. The zero-order chi connectivity index (χ0) is 16.8. The average Bonchev–Trinajstić information content (AvgIpc) is 2.97. The molecule has 24 heavy (non-hydrogen) atoms. The quantitative estimate of drug-likeness (QED) is 0.875. The monoisotopic (exact) mass is 331 g/mol. The predicted octanol–water partition coefficient (Wildman–Crippen LogP) is 1.70. The van der Waals surface area contributed by atoms with E-state index in [-0.39, 0.29) is 18.1 Å². The van der Waals surface area contributed by atoms with Crippen molar-refractivity contribution in [3.05, 3.63) is 48.3 Å². The Morgan fingerprint density at radius 2 is 2.00 bits per heavy atom. The summed E-state index contributed by atoms with van der Waals surface area (Å²) in [5.41, 5.74) is 0.233. The third-order valence-corrected chi connectivity index (χ3v) is 4.12. The molecule has 7 heteroatoms. The molecule has 0 bridgehead atoms. The molecule has 2 aromatic rings. The van der Waals surface area contributed by atoms with E-state index in [0.717, 1.165) is 45.0 Å². The van der Waals surface area contributed by atoms with Crippen molar-refractivity contribution in [2.45, 2.75) is 13.0 Å². The number of hydrogen-bond donors (Lipinski definition) is 2. The Morgan fingerprint density at radius 1 is 1.21 bits per heavy atom. The third kappa shape index (κ3) is 4.62. The van der Waals surface area contributed by atoms with E-state index in [1.807, 2.05) is 6.20 Å². The first-order valence-corrected chi connectivity index (χ1v) is 8.18. The van der Waals surface area contributed by atoms with Crippen molar-refractivity contribution in [1.82, 2.24) is 19.8 Å². The van der Waals surface area contributed by atoms with E-state index in [2.05, 4.69) is 25.1 Å². The molecule has 1 aromatic heterocycles. The van der Waals surface area contributed by atoms with Crippen LogP contribution < -0.4 is 5.32 Å². The summed E-state index contributed by atoms with van der Waals surface area (Å²) in [6.07, 6.45) is 4.58. The molecular formula is C17H22FN5O. The fourth-order valence-electron chi connectivity index (χ4n) is 2.89. The minimum Gasteiger partial charge on any atom is -0.348 e. The summed E-state index contributed by atoms with van der Waals surface area (Å²) in [6, 6.07) is 6.22. The van der Waals surface area contributed by atoms with Gasteiger partial charge in [-0.1, -0.05) is 12.1 Å². The van der Waals surface area contributed by atoms with Crippen LogP contribution in [0.4, 0.5) is 10.1 Å². The highest BCUT2D eigenvalue weighted by atomic mass is 19.1. The van der Waals surface area contributed by atoms with Crippen LogP contribution in [-0.4, -0.2) is 58.4 Å². The molecule has 1 aliphatic heterocycles. The number of aromatic nitrogens is 2. The minimum absolute atomic E-state index is 0.181. The number of H-pyrrole nitrogens is 1. The fraction of sp³-hybridized carbons (Fsp3) is 0.412. The number of halogens is 1. The van der Waals surface area contributed by atoms with E-state index >= 15 is 0 Å². The van der Waals surface area contributed by atoms with Gasteiger partial charge in [0.05, 0.1) is 18.8 Å². The molecule has 1 aromatic carbocycles. The Balaban J connectivity index is 1.47. The van der Waals surface area contributed by atoms with Crippen molar-refractivity contribution in [3.63, 3.8) is 0 Å². The number of carbonyl (C=O) groups is 1. The maximum atomic E-state index is 13.6. The first-order chi connectivity index (χ1) is 11.7. The van der Waals surface area contributed by atoms with Crippen LogP contribution >= 0.6 is 0 Å². The van der Waals surface area contributed by atoms with Gasteiger partial charge in [0, 0.05) is 25.5 Å². The van der Waals surface area contributed by atoms with Gasteiger partial charge in [0.1, 0.15) is 11.6 Å². The number of rotatable bonds is 5. The summed E-state index contributed by atoms with van der Waals surface area (Å²) in [5, 5.41) is 2.64. The van der Waals surface area contributed by atoms with Crippen LogP contribution in [0.5, 0.6) is 0 Å². The lowest BCUT2D eigenvalue weighted by Gasteiger charge is -2.20. The standard InChI is InChI=1S/C17H22FN5O/c18-14-4-1-2-5-15(14)21-17(24)13-23-9-3-8-22(10-11-23)12-16-19-6-7-20-16/h1-2,4-7H,3,8-13H2,(H,19,20)(H,21,24). The smallest absolute Gasteiger partial charge is 0.238 e.